The summed E-state index contributed by atoms with van der Waals surface area (Å²) in [6.45, 7) is 3.78. The monoisotopic (exact) mass is 272 g/mol. The highest BCUT2D eigenvalue weighted by Gasteiger charge is 2.24. The van der Waals surface area contributed by atoms with Crippen LogP contribution in [0.3, 0.4) is 0 Å². The van der Waals surface area contributed by atoms with Gasteiger partial charge in [0.15, 0.2) is 0 Å². The lowest BCUT2D eigenvalue weighted by atomic mass is 10.1. The van der Waals surface area contributed by atoms with E-state index >= 15 is 0 Å². The van der Waals surface area contributed by atoms with Crippen molar-refractivity contribution in [3.05, 3.63) is 47.3 Å². The molecular weight excluding hydrogens is 256 g/mol. The molecule has 3 rings (SSSR count). The minimum atomic E-state index is 0.0277. The van der Waals surface area contributed by atoms with Gasteiger partial charge in [-0.3, -0.25) is 4.79 Å². The van der Waals surface area contributed by atoms with Gasteiger partial charge in [0.2, 0.25) is 0 Å². The zero-order valence-electron chi connectivity index (χ0n) is 11.3. The van der Waals surface area contributed by atoms with E-state index < -0.39 is 0 Å². The largest absolute Gasteiger partial charge is 0.494 e. The number of hydrogen-bond acceptors (Lipinski definition) is 4. The molecule has 0 N–H and O–H groups in total. The van der Waals surface area contributed by atoms with E-state index in [1.165, 1.54) is 0 Å². The summed E-state index contributed by atoms with van der Waals surface area (Å²) in [5, 5.41) is 3.77. The van der Waals surface area contributed by atoms with Crippen molar-refractivity contribution < 1.29 is 14.1 Å². The molecule has 2 aromatic rings. The minimum Gasteiger partial charge on any atom is -0.494 e. The van der Waals surface area contributed by atoms with E-state index in [9.17, 15) is 4.79 Å². The van der Waals surface area contributed by atoms with Crippen molar-refractivity contribution in [3.8, 4) is 5.75 Å². The van der Waals surface area contributed by atoms with E-state index in [-0.39, 0.29) is 5.91 Å². The molecule has 5 heteroatoms. The lowest BCUT2D eigenvalue weighted by molar-refractivity contribution is 0.0729. The van der Waals surface area contributed by atoms with Gasteiger partial charge in [0.1, 0.15) is 11.5 Å². The summed E-state index contributed by atoms with van der Waals surface area (Å²) in [6.07, 6.45) is 2.41. The molecule has 0 fully saturated rings. The molecule has 1 aliphatic rings. The molecule has 5 nitrogen and oxygen atoms in total. The first-order valence-corrected chi connectivity index (χ1v) is 6.72. The normalized spacial score (nSPS) is 13.9. The minimum absolute atomic E-state index is 0.0277. The lowest BCUT2D eigenvalue weighted by Gasteiger charge is -2.25. The second-order valence-electron chi connectivity index (χ2n) is 4.71. The van der Waals surface area contributed by atoms with Crippen LogP contribution in [0.4, 0.5) is 0 Å². The van der Waals surface area contributed by atoms with E-state index in [2.05, 4.69) is 5.16 Å². The van der Waals surface area contributed by atoms with Crippen molar-refractivity contribution in [2.45, 2.75) is 19.9 Å². The molecule has 0 atom stereocenters. The van der Waals surface area contributed by atoms with Gasteiger partial charge in [-0.2, -0.15) is 0 Å². The number of aromatic nitrogens is 1. The predicted molar refractivity (Wildman–Crippen MR) is 72.6 cm³/mol. The molecule has 0 unspecified atom stereocenters. The summed E-state index contributed by atoms with van der Waals surface area (Å²) in [7, 11) is 0. The molecule has 0 bridgehead atoms. The number of hydrogen-bond donors (Lipinski definition) is 0. The maximum atomic E-state index is 12.4. The molecule has 2 heterocycles. The number of benzene rings is 1. The zero-order chi connectivity index (χ0) is 13.9. The first-order valence-electron chi connectivity index (χ1n) is 6.72. The van der Waals surface area contributed by atoms with E-state index in [1.807, 2.05) is 24.0 Å². The topological polar surface area (TPSA) is 55.6 Å². The molecule has 0 radical (unpaired) electrons. The Labute approximate surface area is 117 Å². The Kier molecular flexibility index (Phi) is 3.41. The fourth-order valence-corrected chi connectivity index (χ4v) is 2.36. The van der Waals surface area contributed by atoms with Gasteiger partial charge in [0.25, 0.3) is 5.91 Å². The van der Waals surface area contributed by atoms with Crippen LogP contribution in [0.2, 0.25) is 0 Å². The molecule has 0 saturated carbocycles. The smallest absolute Gasteiger partial charge is 0.254 e. The van der Waals surface area contributed by atoms with Gasteiger partial charge < -0.3 is 14.2 Å². The summed E-state index contributed by atoms with van der Waals surface area (Å²) in [5.41, 5.74) is 1.67. The van der Waals surface area contributed by atoms with Gasteiger partial charge in [0.05, 0.1) is 19.3 Å². The van der Waals surface area contributed by atoms with Crippen LogP contribution in [0.1, 0.15) is 28.6 Å². The van der Waals surface area contributed by atoms with Gasteiger partial charge in [-0.15, -0.1) is 0 Å². The summed E-state index contributed by atoms with van der Waals surface area (Å²) in [5.74, 6) is 1.70. The third kappa shape index (κ3) is 2.39. The van der Waals surface area contributed by atoms with Crippen LogP contribution in [0, 0.1) is 0 Å². The zero-order valence-corrected chi connectivity index (χ0v) is 11.3. The Morgan fingerprint density at radius 2 is 2.20 bits per heavy atom. The van der Waals surface area contributed by atoms with Gasteiger partial charge >= 0.3 is 0 Å². The number of amides is 1. The van der Waals surface area contributed by atoms with E-state index in [4.69, 9.17) is 9.26 Å². The molecule has 1 aromatic carbocycles. The molecule has 1 amide bonds. The predicted octanol–water partition coefficient (Wildman–Crippen LogP) is 2.27. The number of ether oxygens (including phenoxy) is 1. The van der Waals surface area contributed by atoms with Crippen LogP contribution in [0.5, 0.6) is 5.75 Å². The number of carbonyl (C=O) groups excluding carboxylic acids is 1. The van der Waals surface area contributed by atoms with Gasteiger partial charge in [-0.25, -0.2) is 0 Å². The van der Waals surface area contributed by atoms with Crippen molar-refractivity contribution >= 4 is 5.91 Å². The average molecular weight is 272 g/mol. The van der Waals surface area contributed by atoms with Crippen LogP contribution in [0.15, 0.2) is 35.0 Å². The highest BCUT2D eigenvalue weighted by Crippen LogP contribution is 2.21. The molecule has 1 aromatic heterocycles. The third-order valence-electron chi connectivity index (χ3n) is 3.40. The first-order chi connectivity index (χ1) is 9.78. The molecule has 1 aliphatic heterocycles. The molecule has 104 valence electrons. The molecular formula is C15H16N2O3. The Morgan fingerprint density at radius 1 is 1.40 bits per heavy atom. The van der Waals surface area contributed by atoms with E-state index in [1.54, 1.807) is 18.3 Å². The van der Waals surface area contributed by atoms with Crippen molar-refractivity contribution in [1.29, 1.82) is 0 Å². The second kappa shape index (κ2) is 5.36. The average Bonchev–Trinajstić information content (AvgIpc) is 2.95. The Bertz CT molecular complexity index is 604. The number of carbonyl (C=O) groups is 1. The van der Waals surface area contributed by atoms with Crippen LogP contribution in [-0.2, 0) is 13.0 Å². The highest BCUT2D eigenvalue weighted by atomic mass is 16.5. The third-order valence-corrected chi connectivity index (χ3v) is 3.40. The van der Waals surface area contributed by atoms with Gasteiger partial charge in [-0.1, -0.05) is 5.16 Å². The highest BCUT2D eigenvalue weighted by molar-refractivity contribution is 5.94. The fourth-order valence-electron chi connectivity index (χ4n) is 2.36. The number of rotatable bonds is 3. The summed E-state index contributed by atoms with van der Waals surface area (Å²) < 4.78 is 10.5. The Morgan fingerprint density at radius 3 is 2.95 bits per heavy atom. The maximum absolute atomic E-state index is 12.4. The Balaban J connectivity index is 1.73. The van der Waals surface area contributed by atoms with Crippen molar-refractivity contribution in [2.24, 2.45) is 0 Å². The summed E-state index contributed by atoms with van der Waals surface area (Å²) in [6, 6.07) is 7.25. The molecule has 0 saturated heterocycles. The molecule has 0 spiro atoms. The van der Waals surface area contributed by atoms with Gasteiger partial charge in [0, 0.05) is 24.1 Å². The van der Waals surface area contributed by atoms with Crippen molar-refractivity contribution in [3.63, 3.8) is 0 Å². The van der Waals surface area contributed by atoms with Crippen LogP contribution in [0.25, 0.3) is 0 Å². The summed E-state index contributed by atoms with van der Waals surface area (Å²) >= 11 is 0. The van der Waals surface area contributed by atoms with Crippen LogP contribution < -0.4 is 4.74 Å². The molecule has 0 aliphatic carbocycles. The van der Waals surface area contributed by atoms with Crippen LogP contribution in [-0.4, -0.2) is 29.1 Å². The second-order valence-corrected chi connectivity index (χ2v) is 4.71. The van der Waals surface area contributed by atoms with Crippen molar-refractivity contribution in [1.82, 2.24) is 10.1 Å². The standard InChI is InChI=1S/C15H16N2O3/c1-2-19-13-5-3-11(4-6-13)15(18)17-8-7-14-12(10-17)9-16-20-14/h3-6,9H,2,7-8,10H2,1H3. The number of nitrogens with zero attached hydrogens (tertiary/aromatic N) is 2. The van der Waals surface area contributed by atoms with Crippen molar-refractivity contribution in [2.75, 3.05) is 13.2 Å². The Hall–Kier alpha value is -2.30. The van der Waals surface area contributed by atoms with Gasteiger partial charge in [-0.05, 0) is 31.2 Å². The van der Waals surface area contributed by atoms with Crippen LogP contribution >= 0.6 is 0 Å². The quantitative estimate of drug-likeness (QED) is 0.860. The first kappa shape index (κ1) is 12.7. The lowest BCUT2D eigenvalue weighted by Crippen LogP contribution is -2.35. The molecule has 20 heavy (non-hydrogen) atoms. The fraction of sp³-hybridized carbons (Fsp3) is 0.333. The summed E-state index contributed by atoms with van der Waals surface area (Å²) in [4.78, 5) is 14.2. The van der Waals surface area contributed by atoms with E-state index in [0.29, 0.717) is 25.3 Å². The SMILES string of the molecule is CCOc1ccc(C(=O)N2CCc3oncc3C2)cc1. The van der Waals surface area contributed by atoms with E-state index in [0.717, 1.165) is 23.5 Å². The maximum Gasteiger partial charge on any atom is 0.254 e. The number of fused-ring (bicyclic) bond motifs is 1.